The molecular weight excluding hydrogens is 1730 g/mol. The predicted octanol–water partition coefficient (Wildman–Crippen LogP) is 38.6. The number of furan rings is 1. The summed E-state index contributed by atoms with van der Waals surface area (Å²) in [6.07, 6.45) is 0. The monoisotopic (exact) mass is 1820 g/mol. The van der Waals surface area contributed by atoms with Crippen molar-refractivity contribution in [3.63, 3.8) is 0 Å². The largest absolute Gasteiger partial charge is 0.455 e. The second-order valence-electron chi connectivity index (χ2n) is 36.2. The van der Waals surface area contributed by atoms with Crippen LogP contribution >= 0.6 is 22.7 Å². The molecule has 0 unspecified atom stereocenters. The molecule has 26 aromatic rings. The molecule has 0 spiro atoms. The molecule has 0 amide bonds. The fourth-order valence-electron chi connectivity index (χ4n) is 21.2. The number of fused-ring (bicyclic) bond motifs is 15. The van der Waals surface area contributed by atoms with Gasteiger partial charge in [0, 0.05) is 108 Å². The Morgan fingerprint density at radius 3 is 0.964 bits per heavy atom. The van der Waals surface area contributed by atoms with Crippen molar-refractivity contribution >= 4 is 168 Å². The van der Waals surface area contributed by atoms with Crippen LogP contribution in [0.1, 0.15) is 27.8 Å². The highest BCUT2D eigenvalue weighted by Crippen LogP contribution is 2.57. The van der Waals surface area contributed by atoms with Crippen LogP contribution in [-0.4, -0.2) is 0 Å². The highest BCUT2D eigenvalue weighted by atomic mass is 32.1. The molecule has 1 aliphatic rings. The molecule has 4 nitrogen and oxygen atoms in total. The van der Waals surface area contributed by atoms with Crippen molar-refractivity contribution in [2.24, 2.45) is 0 Å². The van der Waals surface area contributed by atoms with Crippen LogP contribution in [0.15, 0.2) is 538 Å². The summed E-state index contributed by atoms with van der Waals surface area (Å²) in [6, 6.07) is 193. The van der Waals surface area contributed by atoms with Gasteiger partial charge in [-0.25, -0.2) is 0 Å². The summed E-state index contributed by atoms with van der Waals surface area (Å²) in [5.74, 6) is 0. The lowest BCUT2D eigenvalue weighted by molar-refractivity contribution is 0.670. The molecule has 0 N–H and O–H groups in total. The normalized spacial score (nSPS) is 11.9. The Hall–Kier alpha value is -17.5. The lowest BCUT2D eigenvalue weighted by Gasteiger charge is -2.34. The summed E-state index contributed by atoms with van der Waals surface area (Å²) >= 11 is 3.77. The van der Waals surface area contributed by atoms with Gasteiger partial charge in [0.05, 0.1) is 5.41 Å². The van der Waals surface area contributed by atoms with Gasteiger partial charge in [-0.2, -0.15) is 0 Å². The van der Waals surface area contributed by atoms with Crippen LogP contribution in [0.4, 0.5) is 51.2 Å². The zero-order valence-electron chi connectivity index (χ0n) is 76.9. The second-order valence-corrected chi connectivity index (χ2v) is 38.3. The minimum Gasteiger partial charge on any atom is -0.455 e. The summed E-state index contributed by atoms with van der Waals surface area (Å²) in [7, 11) is 0. The smallest absolute Gasteiger partial charge is 0.143 e. The number of rotatable bonds is 16. The van der Waals surface area contributed by atoms with Gasteiger partial charge < -0.3 is 19.1 Å². The lowest BCUT2D eigenvalue weighted by Crippen LogP contribution is -2.28. The van der Waals surface area contributed by atoms with E-state index in [1.165, 1.54) is 162 Å². The minimum absolute atomic E-state index is 0.433. The molecule has 0 aliphatic heterocycles. The quantitative estimate of drug-likeness (QED) is 0.0962. The van der Waals surface area contributed by atoms with Crippen LogP contribution in [0.25, 0.3) is 161 Å². The average Bonchev–Trinajstić information content (AvgIpc) is 1.53. The van der Waals surface area contributed by atoms with Crippen molar-refractivity contribution in [2.75, 3.05) is 14.7 Å². The number of para-hydroxylation sites is 4. The van der Waals surface area contributed by atoms with Crippen molar-refractivity contribution in [2.45, 2.75) is 12.3 Å². The van der Waals surface area contributed by atoms with E-state index >= 15 is 0 Å². The highest BCUT2D eigenvalue weighted by Gasteiger charge is 2.46. The van der Waals surface area contributed by atoms with E-state index in [4.69, 9.17) is 4.42 Å². The van der Waals surface area contributed by atoms with Gasteiger partial charge in [-0.3, -0.25) is 0 Å². The molecule has 0 fully saturated rings. The van der Waals surface area contributed by atoms with E-state index in [0.717, 1.165) is 78.6 Å². The Labute approximate surface area is 822 Å². The van der Waals surface area contributed by atoms with Gasteiger partial charge in [0.25, 0.3) is 0 Å². The Bertz CT molecular complexity index is 9000. The molecule has 6 heteroatoms. The number of anilines is 9. The van der Waals surface area contributed by atoms with E-state index in [1.54, 1.807) is 0 Å². The van der Waals surface area contributed by atoms with Crippen LogP contribution in [-0.2, 0) is 5.41 Å². The molecule has 1 aliphatic carbocycles. The number of thiophene rings is 2. The van der Waals surface area contributed by atoms with Gasteiger partial charge in [0.15, 0.2) is 0 Å². The number of hydrogen-bond acceptors (Lipinski definition) is 6. The van der Waals surface area contributed by atoms with Gasteiger partial charge in [-0.15, -0.1) is 22.7 Å². The highest BCUT2D eigenvalue weighted by molar-refractivity contribution is 7.26. The van der Waals surface area contributed by atoms with Crippen molar-refractivity contribution in [1.29, 1.82) is 0 Å². The Morgan fingerprint density at radius 2 is 0.493 bits per heavy atom. The third kappa shape index (κ3) is 15.5. The predicted molar refractivity (Wildman–Crippen MR) is 598 cm³/mol. The van der Waals surface area contributed by atoms with E-state index in [2.05, 4.69) is 543 Å². The molecule has 23 aromatic carbocycles. The zero-order chi connectivity index (χ0) is 93.0. The van der Waals surface area contributed by atoms with Gasteiger partial charge >= 0.3 is 0 Å². The number of hydrogen-bond donors (Lipinski definition) is 0. The fourth-order valence-corrected chi connectivity index (χ4v) is 23.7. The molecule has 0 saturated heterocycles. The topological polar surface area (TPSA) is 22.9 Å². The van der Waals surface area contributed by atoms with E-state index < -0.39 is 5.41 Å². The lowest BCUT2D eigenvalue weighted by atomic mass is 9.68. The van der Waals surface area contributed by atoms with E-state index in [9.17, 15) is 0 Å². The van der Waals surface area contributed by atoms with Gasteiger partial charge in [0.1, 0.15) is 11.2 Å². The SMILES string of the molecule is Cc1cccc(N(c2ccccc2)c2ccc3cc(-c4cccc5c4sc4ccccc45)ccc3c2)c1.c1ccc(-c2ccc(N(c3ccc(-c4ccccc4)cc3)c3ccc4cc(-c5cccc6c5sc5ccccc56)ccc4c3)cc2)cc1.c1ccc(N(c2ccc(C3(c4ccccc4)c4ccccc4-c4ccccc43)cc2)c2ccc3cc(-c4cccc5c4oc4ccccc45)ccc3c2)cc1. The van der Waals surface area contributed by atoms with Crippen LogP contribution in [0.2, 0.25) is 0 Å². The average molecular weight is 1820 g/mol. The summed E-state index contributed by atoms with van der Waals surface area (Å²) in [4.78, 5) is 7.05. The van der Waals surface area contributed by atoms with Crippen molar-refractivity contribution in [3.05, 3.63) is 562 Å². The van der Waals surface area contributed by atoms with Crippen molar-refractivity contribution in [3.8, 4) is 66.8 Å². The maximum absolute atomic E-state index is 6.40. The number of benzene rings is 23. The molecule has 27 rings (SSSR count). The van der Waals surface area contributed by atoms with Crippen LogP contribution < -0.4 is 14.7 Å². The molecular formula is C134H91N3OS2. The Kier molecular flexibility index (Phi) is 21.8. The second kappa shape index (κ2) is 36.3. The summed E-state index contributed by atoms with van der Waals surface area (Å²) in [6.45, 7) is 2.14. The molecule has 0 atom stereocenters. The van der Waals surface area contributed by atoms with Gasteiger partial charge in [-0.05, 0) is 274 Å². The summed E-state index contributed by atoms with van der Waals surface area (Å²) in [5.41, 5.74) is 32.8. The number of nitrogens with zero attached hydrogens (tertiary/aromatic N) is 3. The molecule has 3 heterocycles. The minimum atomic E-state index is -0.433. The molecule has 140 heavy (non-hydrogen) atoms. The van der Waals surface area contributed by atoms with Crippen LogP contribution in [0.3, 0.4) is 0 Å². The molecule has 0 saturated carbocycles. The van der Waals surface area contributed by atoms with Gasteiger partial charge in [0.2, 0.25) is 0 Å². The van der Waals surface area contributed by atoms with Crippen molar-refractivity contribution in [1.82, 2.24) is 0 Å². The Balaban J connectivity index is 0.000000113. The van der Waals surface area contributed by atoms with E-state index in [-0.39, 0.29) is 0 Å². The first kappa shape index (κ1) is 84.2. The third-order valence-corrected chi connectivity index (χ3v) is 30.3. The first-order valence-corrected chi connectivity index (χ1v) is 49.5. The Morgan fingerprint density at radius 1 is 0.193 bits per heavy atom. The van der Waals surface area contributed by atoms with E-state index in [0.29, 0.717) is 0 Å². The third-order valence-electron chi connectivity index (χ3n) is 27.9. The van der Waals surface area contributed by atoms with Crippen LogP contribution in [0.5, 0.6) is 0 Å². The molecule has 660 valence electrons. The summed E-state index contributed by atoms with van der Waals surface area (Å²) < 4.78 is 11.8. The molecule has 0 radical (unpaired) electrons. The maximum atomic E-state index is 6.40. The first-order valence-electron chi connectivity index (χ1n) is 47.9. The summed E-state index contributed by atoms with van der Waals surface area (Å²) in [5, 5.41) is 14.9. The number of aryl methyl sites for hydroxylation is 1. The fraction of sp³-hybridized carbons (Fsp3) is 0.0149. The van der Waals surface area contributed by atoms with Gasteiger partial charge in [-0.1, -0.05) is 388 Å². The first-order chi connectivity index (χ1) is 69.3. The molecule has 3 aromatic heterocycles. The maximum Gasteiger partial charge on any atom is 0.143 e. The zero-order valence-corrected chi connectivity index (χ0v) is 78.5. The standard InChI is InChI=1S/C53H35NO.C46H31NS.C35H25NS/c1-3-14-39(15-4-1)53(49-23-10-7-18-45(49)46-19-8-11-24-50(46)53)40-29-32-42(33-30-40)54(41-16-5-2-6-17-41)43-31-28-36-34-38(27-26-37(36)35-43)44-21-13-22-48-47-20-9-12-25-51(47)55-52(44)48;1-3-10-32(11-4-1)34-20-25-39(26-21-34)47(40-27-22-35(23-28-40)33-12-5-2-6-13-33)41-29-24-36-30-38(19-18-37(36)31-41)42-15-9-16-44-43-14-7-8-17-45(43)48-46(42)44;1-24-9-7-12-29(21-24)36(28-10-3-2-4-11-28)30-20-19-25-22-27(18-17-26(25)23-30)31-14-8-15-33-32-13-5-6-16-34(32)37-35(31)33/h1-35H;1-31H;2-23H,1H3. The molecule has 0 bridgehead atoms. The van der Waals surface area contributed by atoms with Crippen molar-refractivity contribution < 1.29 is 4.42 Å². The van der Waals surface area contributed by atoms with E-state index in [1.807, 2.05) is 34.8 Å². The van der Waals surface area contributed by atoms with Crippen LogP contribution in [0, 0.1) is 6.92 Å².